The van der Waals surface area contributed by atoms with Gasteiger partial charge in [-0.2, -0.15) is 0 Å². The van der Waals surface area contributed by atoms with Crippen LogP contribution in [0.15, 0.2) is 29.3 Å². The molecule has 2 heterocycles. The first kappa shape index (κ1) is 16.9. The molecule has 1 aromatic carbocycles. The number of nitrogens with zero attached hydrogens (tertiary/aromatic N) is 2. The zero-order valence-corrected chi connectivity index (χ0v) is 14.8. The highest BCUT2D eigenvalue weighted by molar-refractivity contribution is 5.80. The summed E-state index contributed by atoms with van der Waals surface area (Å²) >= 11 is 0. The molecule has 1 atom stereocenters. The number of para-hydroxylation sites is 2. The summed E-state index contributed by atoms with van der Waals surface area (Å²) in [5, 5.41) is 6.97. The van der Waals surface area contributed by atoms with Crippen molar-refractivity contribution in [2.45, 2.75) is 19.4 Å². The number of rotatable bonds is 5. The van der Waals surface area contributed by atoms with Crippen molar-refractivity contribution in [3.63, 3.8) is 0 Å². The Bertz CT molecular complexity index is 586. The van der Waals surface area contributed by atoms with Crippen molar-refractivity contribution < 1.29 is 9.47 Å². The average Bonchev–Trinajstić information content (AvgIpc) is 3.05. The van der Waals surface area contributed by atoms with Gasteiger partial charge in [-0.25, -0.2) is 0 Å². The molecule has 0 radical (unpaired) electrons. The molecule has 0 bridgehead atoms. The van der Waals surface area contributed by atoms with Gasteiger partial charge in [0.05, 0.1) is 26.0 Å². The lowest BCUT2D eigenvalue weighted by Crippen LogP contribution is -2.52. The second-order valence-electron chi connectivity index (χ2n) is 6.98. The first-order chi connectivity index (χ1) is 11.6. The first-order valence-corrected chi connectivity index (χ1v) is 8.56. The Morgan fingerprint density at radius 3 is 2.88 bits per heavy atom. The van der Waals surface area contributed by atoms with E-state index >= 15 is 0 Å². The van der Waals surface area contributed by atoms with Crippen LogP contribution in [-0.4, -0.2) is 59.0 Å². The fourth-order valence-corrected chi connectivity index (χ4v) is 3.23. The number of methoxy groups -OCH3 is 1. The molecule has 24 heavy (non-hydrogen) atoms. The molecule has 1 aromatic rings. The minimum atomic E-state index is 0.233. The zero-order chi connectivity index (χ0) is 17.0. The van der Waals surface area contributed by atoms with Crippen LogP contribution in [0.25, 0.3) is 0 Å². The van der Waals surface area contributed by atoms with E-state index in [1.165, 1.54) is 0 Å². The van der Waals surface area contributed by atoms with Crippen LogP contribution >= 0.6 is 0 Å². The number of nitrogens with one attached hydrogen (secondary N) is 2. The van der Waals surface area contributed by atoms with Crippen molar-refractivity contribution >= 4 is 11.6 Å². The van der Waals surface area contributed by atoms with E-state index < -0.39 is 0 Å². The first-order valence-electron chi connectivity index (χ1n) is 8.56. The molecule has 2 saturated heterocycles. The zero-order valence-electron chi connectivity index (χ0n) is 14.8. The molecule has 132 valence electrons. The molecule has 6 heteroatoms. The lowest BCUT2D eigenvalue weighted by atomic mass is 9.89. The quantitative estimate of drug-likeness (QED) is 0.632. The molecule has 2 N–H and O–H groups in total. The summed E-state index contributed by atoms with van der Waals surface area (Å²) in [7, 11) is 3.54. The van der Waals surface area contributed by atoms with Crippen molar-refractivity contribution in [1.29, 1.82) is 0 Å². The van der Waals surface area contributed by atoms with Gasteiger partial charge in [-0.15, -0.1) is 0 Å². The fourth-order valence-electron chi connectivity index (χ4n) is 3.23. The molecule has 2 aliphatic rings. The van der Waals surface area contributed by atoms with Gasteiger partial charge in [0, 0.05) is 38.1 Å². The van der Waals surface area contributed by atoms with Gasteiger partial charge < -0.3 is 25.0 Å². The van der Waals surface area contributed by atoms with E-state index in [-0.39, 0.29) is 5.41 Å². The second-order valence-corrected chi connectivity index (χ2v) is 6.98. The summed E-state index contributed by atoms with van der Waals surface area (Å²) in [6, 6.07) is 8.57. The molecule has 3 rings (SSSR count). The molecule has 2 aliphatic heterocycles. The Labute approximate surface area is 144 Å². The summed E-state index contributed by atoms with van der Waals surface area (Å²) in [4.78, 5) is 6.72. The summed E-state index contributed by atoms with van der Waals surface area (Å²) in [6.45, 7) is 6.72. The third-order valence-corrected chi connectivity index (χ3v) is 4.76. The van der Waals surface area contributed by atoms with Gasteiger partial charge in [-0.1, -0.05) is 19.1 Å². The summed E-state index contributed by atoms with van der Waals surface area (Å²) in [6.07, 6.45) is 1.08. The maximum absolute atomic E-state index is 5.48. The lowest BCUT2D eigenvalue weighted by molar-refractivity contribution is -0.0971. The molecule has 0 aromatic heterocycles. The topological polar surface area (TPSA) is 58.1 Å². The van der Waals surface area contributed by atoms with E-state index in [9.17, 15) is 0 Å². The number of guanidine groups is 1. The van der Waals surface area contributed by atoms with E-state index in [1.54, 1.807) is 7.11 Å². The average molecular weight is 332 g/mol. The Balaban J connectivity index is 1.53. The summed E-state index contributed by atoms with van der Waals surface area (Å²) in [5.41, 5.74) is 1.39. The van der Waals surface area contributed by atoms with E-state index in [4.69, 9.17) is 9.47 Å². The highest BCUT2D eigenvalue weighted by Crippen LogP contribution is 2.30. The van der Waals surface area contributed by atoms with E-state index in [0.29, 0.717) is 6.04 Å². The van der Waals surface area contributed by atoms with Gasteiger partial charge in [0.25, 0.3) is 0 Å². The van der Waals surface area contributed by atoms with Gasteiger partial charge in [0.15, 0.2) is 5.96 Å². The second kappa shape index (κ2) is 7.30. The Morgan fingerprint density at radius 2 is 2.21 bits per heavy atom. The normalized spacial score (nSPS) is 22.9. The Kier molecular flexibility index (Phi) is 5.14. The van der Waals surface area contributed by atoms with Crippen LogP contribution in [0.1, 0.15) is 13.3 Å². The smallest absolute Gasteiger partial charge is 0.191 e. The third kappa shape index (κ3) is 3.75. The number of benzene rings is 1. The lowest BCUT2D eigenvalue weighted by Gasteiger charge is -2.38. The molecule has 0 saturated carbocycles. The van der Waals surface area contributed by atoms with Gasteiger partial charge in [-0.3, -0.25) is 4.99 Å². The summed E-state index contributed by atoms with van der Waals surface area (Å²) < 4.78 is 10.8. The molecule has 2 fully saturated rings. The number of hydrogen-bond donors (Lipinski definition) is 2. The van der Waals surface area contributed by atoms with E-state index in [2.05, 4.69) is 39.6 Å². The van der Waals surface area contributed by atoms with E-state index in [0.717, 1.165) is 56.7 Å². The van der Waals surface area contributed by atoms with Crippen LogP contribution in [0.4, 0.5) is 5.69 Å². The van der Waals surface area contributed by atoms with Gasteiger partial charge in [-0.05, 0) is 18.6 Å². The predicted octanol–water partition coefficient (Wildman–Crippen LogP) is 1.48. The maximum Gasteiger partial charge on any atom is 0.191 e. The minimum Gasteiger partial charge on any atom is -0.495 e. The number of aliphatic imine (C=N–C) groups is 1. The third-order valence-electron chi connectivity index (χ3n) is 4.76. The van der Waals surface area contributed by atoms with Crippen LogP contribution in [0.5, 0.6) is 5.75 Å². The number of anilines is 1. The van der Waals surface area contributed by atoms with Crippen LogP contribution in [0.2, 0.25) is 0 Å². The SMILES string of the molecule is CN=C(NCC1(C)COC1)NC1CCN(c2ccccc2OC)C1. The van der Waals surface area contributed by atoms with Crippen LogP contribution in [0.3, 0.4) is 0 Å². The van der Waals surface area contributed by atoms with Gasteiger partial charge in [0.2, 0.25) is 0 Å². The monoisotopic (exact) mass is 332 g/mol. The van der Waals surface area contributed by atoms with Crippen LogP contribution < -0.4 is 20.3 Å². The molecule has 0 aliphatic carbocycles. The van der Waals surface area contributed by atoms with Crippen molar-refractivity contribution in [1.82, 2.24) is 10.6 Å². The molecule has 6 nitrogen and oxygen atoms in total. The molecular formula is C18H28N4O2. The van der Waals surface area contributed by atoms with Crippen molar-refractivity contribution in [2.24, 2.45) is 10.4 Å². The summed E-state index contributed by atoms with van der Waals surface area (Å²) in [5.74, 6) is 1.80. The molecule has 1 unspecified atom stereocenters. The van der Waals surface area contributed by atoms with Crippen LogP contribution in [0, 0.1) is 5.41 Å². The van der Waals surface area contributed by atoms with Crippen molar-refractivity contribution in [3.8, 4) is 5.75 Å². The minimum absolute atomic E-state index is 0.233. The predicted molar refractivity (Wildman–Crippen MR) is 97.0 cm³/mol. The fraction of sp³-hybridized carbons (Fsp3) is 0.611. The maximum atomic E-state index is 5.48. The number of ether oxygens (including phenoxy) is 2. The van der Waals surface area contributed by atoms with Crippen molar-refractivity contribution in [3.05, 3.63) is 24.3 Å². The van der Waals surface area contributed by atoms with Crippen LogP contribution in [-0.2, 0) is 4.74 Å². The number of hydrogen-bond acceptors (Lipinski definition) is 4. The Hall–Kier alpha value is -1.95. The molecular weight excluding hydrogens is 304 g/mol. The highest BCUT2D eigenvalue weighted by Gasteiger charge is 2.33. The van der Waals surface area contributed by atoms with E-state index in [1.807, 2.05) is 19.2 Å². The van der Waals surface area contributed by atoms with Crippen molar-refractivity contribution in [2.75, 3.05) is 51.9 Å². The molecule has 0 spiro atoms. The van der Waals surface area contributed by atoms with Gasteiger partial charge >= 0.3 is 0 Å². The standard InChI is InChI=1S/C18H28N4O2/c1-18(12-24-13-18)11-20-17(19-2)21-14-8-9-22(10-14)15-6-4-5-7-16(15)23-3/h4-7,14H,8-13H2,1-3H3,(H2,19,20,21). The largest absolute Gasteiger partial charge is 0.495 e. The highest BCUT2D eigenvalue weighted by atomic mass is 16.5. The molecule has 0 amide bonds. The van der Waals surface area contributed by atoms with Gasteiger partial charge in [0.1, 0.15) is 5.75 Å². The Morgan fingerprint density at radius 1 is 1.42 bits per heavy atom.